The Morgan fingerprint density at radius 3 is 2.33 bits per heavy atom. The van der Waals surface area contributed by atoms with Crippen LogP contribution in [-0.4, -0.2) is 72.5 Å². The number of hydrogen-bond acceptors (Lipinski definition) is 10. The van der Waals surface area contributed by atoms with Gasteiger partial charge in [-0.05, 0) is 44.4 Å². The number of hydrogen-bond donors (Lipinski definition) is 5. The van der Waals surface area contributed by atoms with Gasteiger partial charge in [0.15, 0.2) is 0 Å². The summed E-state index contributed by atoms with van der Waals surface area (Å²) in [5.74, 6) is 1.52. The van der Waals surface area contributed by atoms with Crippen molar-refractivity contribution in [2.24, 2.45) is 5.73 Å². The van der Waals surface area contributed by atoms with E-state index in [-0.39, 0.29) is 11.9 Å². The van der Waals surface area contributed by atoms with Gasteiger partial charge < -0.3 is 36.5 Å². The predicted octanol–water partition coefficient (Wildman–Crippen LogP) is 2.44. The Bertz CT molecular complexity index is 920. The second kappa shape index (κ2) is 15.2. The minimum atomic E-state index is -0.0526. The van der Waals surface area contributed by atoms with Gasteiger partial charge in [0, 0.05) is 30.9 Å². The third-order valence-electron chi connectivity index (χ3n) is 5.52. The summed E-state index contributed by atoms with van der Waals surface area (Å²) in [5.41, 5.74) is 7.09. The highest BCUT2D eigenvalue weighted by molar-refractivity contribution is 5.78. The largest absolute Gasteiger partial charge is 0.378 e. The maximum absolute atomic E-state index is 12.2. The summed E-state index contributed by atoms with van der Waals surface area (Å²) >= 11 is 0. The molecule has 3 rings (SSSR count). The maximum atomic E-state index is 12.2. The molecule has 36 heavy (non-hydrogen) atoms. The van der Waals surface area contributed by atoms with E-state index in [0.29, 0.717) is 69.8 Å². The van der Waals surface area contributed by atoms with Crippen LogP contribution in [0.4, 0.5) is 23.5 Å². The maximum Gasteiger partial charge on any atom is 0.233 e. The van der Waals surface area contributed by atoms with Crippen LogP contribution in [0.2, 0.25) is 0 Å². The summed E-state index contributed by atoms with van der Waals surface area (Å²) in [7, 11) is 0. The number of nitrogens with one attached hydrogen (secondary N) is 4. The highest BCUT2D eigenvalue weighted by Gasteiger charge is 2.17. The summed E-state index contributed by atoms with van der Waals surface area (Å²) in [5, 5.41) is 12.8. The van der Waals surface area contributed by atoms with Crippen molar-refractivity contribution < 1.29 is 14.3 Å². The van der Waals surface area contributed by atoms with E-state index in [0.717, 1.165) is 24.1 Å². The number of carbonyl (C=O) groups is 1. The standard InChI is InChI=1S/C25H40N8O3/c1-18(2)28-23-31-24(29-20-5-3-4-6-20)33-25(32-23)30-21-9-7-19(8-10-21)17-22(34)27-12-14-36-16-15-35-13-11-26/h7-10,18,20H,3-6,11-17,26H2,1-2H3,(H,27,34)(H3,28,29,30,31,32,33). The van der Waals surface area contributed by atoms with Crippen molar-refractivity contribution in [1.82, 2.24) is 20.3 Å². The average molecular weight is 501 g/mol. The van der Waals surface area contributed by atoms with Gasteiger partial charge in [-0.2, -0.15) is 15.0 Å². The Morgan fingerprint density at radius 1 is 0.972 bits per heavy atom. The molecule has 1 fully saturated rings. The fraction of sp³-hybridized carbons (Fsp3) is 0.600. The first-order valence-electron chi connectivity index (χ1n) is 12.8. The molecule has 0 atom stereocenters. The third-order valence-corrected chi connectivity index (χ3v) is 5.52. The molecule has 1 amide bonds. The SMILES string of the molecule is CC(C)Nc1nc(Nc2ccc(CC(=O)NCCOCCOCCN)cc2)nc(NC2CCCC2)n1. The minimum Gasteiger partial charge on any atom is -0.378 e. The minimum absolute atomic E-state index is 0.0526. The number of benzene rings is 1. The van der Waals surface area contributed by atoms with E-state index in [9.17, 15) is 4.79 Å². The van der Waals surface area contributed by atoms with Crippen LogP contribution in [0.1, 0.15) is 45.1 Å². The summed E-state index contributed by atoms with van der Waals surface area (Å²) in [6.07, 6.45) is 5.02. The molecule has 1 aromatic carbocycles. The monoisotopic (exact) mass is 500 g/mol. The first kappa shape index (κ1) is 27.6. The summed E-state index contributed by atoms with van der Waals surface area (Å²) < 4.78 is 10.6. The molecule has 1 aliphatic carbocycles. The first-order valence-corrected chi connectivity index (χ1v) is 12.8. The number of ether oxygens (including phenoxy) is 2. The lowest BCUT2D eigenvalue weighted by molar-refractivity contribution is -0.120. The molecule has 1 aliphatic rings. The molecule has 0 saturated heterocycles. The first-order chi connectivity index (χ1) is 17.5. The molecule has 2 aromatic rings. The van der Waals surface area contributed by atoms with Gasteiger partial charge in [0.05, 0.1) is 32.8 Å². The fourth-order valence-electron chi connectivity index (χ4n) is 3.82. The molecule has 0 aliphatic heterocycles. The van der Waals surface area contributed by atoms with Gasteiger partial charge >= 0.3 is 0 Å². The number of nitrogens with zero attached hydrogens (tertiary/aromatic N) is 3. The Morgan fingerprint density at radius 2 is 1.64 bits per heavy atom. The number of anilines is 4. The van der Waals surface area contributed by atoms with Gasteiger partial charge in [-0.25, -0.2) is 0 Å². The number of rotatable bonds is 16. The Hall–Kier alpha value is -3.02. The molecule has 0 spiro atoms. The number of amides is 1. The number of aromatic nitrogens is 3. The second-order valence-corrected chi connectivity index (χ2v) is 9.09. The normalized spacial score (nSPS) is 13.7. The van der Waals surface area contributed by atoms with Crippen LogP contribution in [0.3, 0.4) is 0 Å². The van der Waals surface area contributed by atoms with Crippen LogP contribution < -0.4 is 27.0 Å². The third kappa shape index (κ3) is 10.3. The van der Waals surface area contributed by atoms with Crippen molar-refractivity contribution in [1.29, 1.82) is 0 Å². The fourth-order valence-corrected chi connectivity index (χ4v) is 3.82. The van der Waals surface area contributed by atoms with Crippen LogP contribution in [0, 0.1) is 0 Å². The van der Waals surface area contributed by atoms with Crippen molar-refractivity contribution in [2.75, 3.05) is 55.5 Å². The zero-order valence-corrected chi connectivity index (χ0v) is 21.4. The quantitative estimate of drug-likeness (QED) is 0.218. The second-order valence-electron chi connectivity index (χ2n) is 9.09. The van der Waals surface area contributed by atoms with Crippen molar-refractivity contribution in [3.05, 3.63) is 29.8 Å². The van der Waals surface area contributed by atoms with Crippen LogP contribution in [0.25, 0.3) is 0 Å². The molecule has 198 valence electrons. The molecule has 0 bridgehead atoms. The molecular formula is C25H40N8O3. The van der Waals surface area contributed by atoms with Gasteiger partial charge in [-0.3, -0.25) is 4.79 Å². The lowest BCUT2D eigenvalue weighted by Crippen LogP contribution is -2.29. The van der Waals surface area contributed by atoms with E-state index in [1.807, 2.05) is 38.1 Å². The zero-order chi connectivity index (χ0) is 25.6. The Balaban J connectivity index is 1.47. The van der Waals surface area contributed by atoms with E-state index >= 15 is 0 Å². The molecule has 6 N–H and O–H groups in total. The van der Waals surface area contributed by atoms with Gasteiger partial charge in [-0.15, -0.1) is 0 Å². The van der Waals surface area contributed by atoms with Crippen molar-refractivity contribution in [2.45, 2.75) is 58.0 Å². The van der Waals surface area contributed by atoms with E-state index < -0.39 is 0 Å². The van der Waals surface area contributed by atoms with E-state index in [4.69, 9.17) is 15.2 Å². The topological polar surface area (TPSA) is 148 Å². The van der Waals surface area contributed by atoms with Crippen LogP contribution in [0.5, 0.6) is 0 Å². The smallest absolute Gasteiger partial charge is 0.233 e. The molecule has 0 radical (unpaired) electrons. The highest BCUT2D eigenvalue weighted by atomic mass is 16.5. The lowest BCUT2D eigenvalue weighted by atomic mass is 10.1. The molecular weight excluding hydrogens is 460 g/mol. The highest BCUT2D eigenvalue weighted by Crippen LogP contribution is 2.22. The van der Waals surface area contributed by atoms with Gasteiger partial charge in [0.2, 0.25) is 23.8 Å². The number of nitrogens with two attached hydrogens (primary N) is 1. The summed E-state index contributed by atoms with van der Waals surface area (Å²) in [6, 6.07) is 8.26. The summed E-state index contributed by atoms with van der Waals surface area (Å²) in [6.45, 7) is 7.00. The van der Waals surface area contributed by atoms with Crippen LogP contribution in [-0.2, 0) is 20.7 Å². The van der Waals surface area contributed by atoms with E-state index in [1.165, 1.54) is 12.8 Å². The van der Waals surface area contributed by atoms with E-state index in [1.54, 1.807) is 0 Å². The summed E-state index contributed by atoms with van der Waals surface area (Å²) in [4.78, 5) is 25.8. The van der Waals surface area contributed by atoms with Crippen molar-refractivity contribution in [3.63, 3.8) is 0 Å². The Labute approximate surface area is 213 Å². The van der Waals surface area contributed by atoms with Crippen molar-refractivity contribution >= 4 is 29.4 Å². The van der Waals surface area contributed by atoms with Crippen LogP contribution in [0.15, 0.2) is 24.3 Å². The van der Waals surface area contributed by atoms with Gasteiger partial charge in [0.1, 0.15) is 0 Å². The molecule has 11 heteroatoms. The zero-order valence-electron chi connectivity index (χ0n) is 21.4. The van der Waals surface area contributed by atoms with Crippen molar-refractivity contribution in [3.8, 4) is 0 Å². The predicted molar refractivity (Wildman–Crippen MR) is 142 cm³/mol. The molecule has 1 heterocycles. The lowest BCUT2D eigenvalue weighted by Gasteiger charge is -2.15. The molecule has 11 nitrogen and oxygen atoms in total. The van der Waals surface area contributed by atoms with Crippen LogP contribution >= 0.6 is 0 Å². The molecule has 0 unspecified atom stereocenters. The van der Waals surface area contributed by atoms with E-state index in [2.05, 4.69) is 36.2 Å². The average Bonchev–Trinajstić information content (AvgIpc) is 3.34. The molecule has 1 aromatic heterocycles. The van der Waals surface area contributed by atoms with Gasteiger partial charge in [0.25, 0.3) is 0 Å². The number of carbonyl (C=O) groups excluding carboxylic acids is 1. The van der Waals surface area contributed by atoms with Gasteiger partial charge in [-0.1, -0.05) is 25.0 Å². The Kier molecular flexibility index (Phi) is 11.6. The molecule has 1 saturated carbocycles.